The van der Waals surface area contributed by atoms with E-state index in [1.54, 1.807) is 17.3 Å². The fourth-order valence-corrected chi connectivity index (χ4v) is 3.79. The first kappa shape index (κ1) is 17.0. The average molecular weight is 356 g/mol. The van der Waals surface area contributed by atoms with E-state index in [0.29, 0.717) is 37.3 Å². The van der Waals surface area contributed by atoms with Crippen LogP contribution in [0, 0.1) is 5.92 Å². The second kappa shape index (κ2) is 7.85. The van der Waals surface area contributed by atoms with Crippen LogP contribution in [0.4, 0.5) is 4.79 Å². The van der Waals surface area contributed by atoms with Crippen LogP contribution in [0.15, 0.2) is 29.0 Å². The molecule has 4 rings (SSSR count). The van der Waals surface area contributed by atoms with E-state index in [1.165, 1.54) is 25.7 Å². The van der Waals surface area contributed by atoms with E-state index in [-0.39, 0.29) is 12.0 Å². The highest BCUT2D eigenvalue weighted by molar-refractivity contribution is 5.67. The zero-order chi connectivity index (χ0) is 17.8. The van der Waals surface area contributed by atoms with Gasteiger partial charge in [-0.2, -0.15) is 4.98 Å². The maximum Gasteiger partial charge on any atom is 0.409 e. The number of pyridine rings is 1. The summed E-state index contributed by atoms with van der Waals surface area (Å²) < 4.78 is 11.0. The summed E-state index contributed by atoms with van der Waals surface area (Å²) in [7, 11) is 0. The number of hydrogen-bond donors (Lipinski definition) is 0. The fraction of sp³-hybridized carbons (Fsp3) is 0.579. The third-order valence-corrected chi connectivity index (χ3v) is 5.40. The lowest BCUT2D eigenvalue weighted by atomic mass is 9.97. The summed E-state index contributed by atoms with van der Waals surface area (Å²) in [5.74, 6) is 1.98. The Morgan fingerprint density at radius 3 is 2.62 bits per heavy atom. The lowest BCUT2D eigenvalue weighted by Crippen LogP contribution is -2.38. The van der Waals surface area contributed by atoms with Gasteiger partial charge in [-0.15, -0.1) is 0 Å². The SMILES string of the molecule is O=C(OCC1CCCC1)N1CCC(c2nc(-c3ccncc3)no2)CC1. The van der Waals surface area contributed by atoms with Gasteiger partial charge in [0.1, 0.15) is 0 Å². The van der Waals surface area contributed by atoms with Crippen molar-refractivity contribution in [3.8, 4) is 11.4 Å². The number of carbonyl (C=O) groups excluding carboxylic acids is 1. The fourth-order valence-electron chi connectivity index (χ4n) is 3.79. The minimum Gasteiger partial charge on any atom is -0.449 e. The summed E-state index contributed by atoms with van der Waals surface area (Å²) in [6, 6.07) is 3.72. The van der Waals surface area contributed by atoms with Crippen molar-refractivity contribution in [1.82, 2.24) is 20.0 Å². The molecule has 1 amide bonds. The maximum absolute atomic E-state index is 12.2. The van der Waals surface area contributed by atoms with Gasteiger partial charge in [0.2, 0.25) is 11.7 Å². The Morgan fingerprint density at radius 1 is 1.15 bits per heavy atom. The summed E-state index contributed by atoms with van der Waals surface area (Å²) in [6.45, 7) is 1.90. The number of nitrogens with zero attached hydrogens (tertiary/aromatic N) is 4. The van der Waals surface area contributed by atoms with Gasteiger partial charge in [-0.1, -0.05) is 18.0 Å². The predicted molar refractivity (Wildman–Crippen MR) is 94.4 cm³/mol. The van der Waals surface area contributed by atoms with Crippen LogP contribution in [0.5, 0.6) is 0 Å². The lowest BCUT2D eigenvalue weighted by molar-refractivity contribution is 0.0784. The monoisotopic (exact) mass is 356 g/mol. The van der Waals surface area contributed by atoms with E-state index in [9.17, 15) is 4.79 Å². The number of likely N-dealkylation sites (tertiary alicyclic amines) is 1. The quantitative estimate of drug-likeness (QED) is 0.832. The second-order valence-corrected chi connectivity index (χ2v) is 7.18. The van der Waals surface area contributed by atoms with Crippen molar-refractivity contribution in [2.75, 3.05) is 19.7 Å². The van der Waals surface area contributed by atoms with Crippen LogP contribution in [0.25, 0.3) is 11.4 Å². The van der Waals surface area contributed by atoms with Crippen molar-refractivity contribution >= 4 is 6.09 Å². The molecule has 2 aromatic heterocycles. The van der Waals surface area contributed by atoms with Crippen molar-refractivity contribution in [3.05, 3.63) is 30.4 Å². The number of ether oxygens (including phenoxy) is 1. The van der Waals surface area contributed by atoms with Gasteiger partial charge >= 0.3 is 6.09 Å². The first-order valence-corrected chi connectivity index (χ1v) is 9.45. The number of aromatic nitrogens is 3. The molecule has 0 bridgehead atoms. The van der Waals surface area contributed by atoms with E-state index >= 15 is 0 Å². The van der Waals surface area contributed by atoms with Gasteiger partial charge in [-0.05, 0) is 43.7 Å². The molecule has 1 aliphatic carbocycles. The Hall–Kier alpha value is -2.44. The molecule has 1 aliphatic heterocycles. The summed E-state index contributed by atoms with van der Waals surface area (Å²) in [4.78, 5) is 22.6. The van der Waals surface area contributed by atoms with Crippen molar-refractivity contribution in [1.29, 1.82) is 0 Å². The normalized spacial score (nSPS) is 19.0. The number of hydrogen-bond acceptors (Lipinski definition) is 6. The first-order chi connectivity index (χ1) is 12.8. The molecule has 2 fully saturated rings. The van der Waals surface area contributed by atoms with E-state index in [0.717, 1.165) is 18.4 Å². The van der Waals surface area contributed by atoms with Crippen LogP contribution < -0.4 is 0 Å². The molecule has 0 atom stereocenters. The first-order valence-electron chi connectivity index (χ1n) is 9.45. The Morgan fingerprint density at radius 2 is 1.88 bits per heavy atom. The van der Waals surface area contributed by atoms with Crippen LogP contribution >= 0.6 is 0 Å². The minimum atomic E-state index is -0.182. The van der Waals surface area contributed by atoms with Crippen LogP contribution in [0.1, 0.15) is 50.3 Å². The lowest BCUT2D eigenvalue weighted by Gasteiger charge is -2.29. The molecule has 2 aliphatic rings. The Bertz CT molecular complexity index is 719. The predicted octanol–water partition coefficient (Wildman–Crippen LogP) is 3.64. The van der Waals surface area contributed by atoms with Crippen LogP contribution in [-0.2, 0) is 4.74 Å². The van der Waals surface area contributed by atoms with Crippen LogP contribution in [0.2, 0.25) is 0 Å². The summed E-state index contributed by atoms with van der Waals surface area (Å²) in [6.07, 6.45) is 9.77. The molecule has 2 aromatic rings. The second-order valence-electron chi connectivity index (χ2n) is 7.18. The number of piperidine rings is 1. The topological polar surface area (TPSA) is 81.4 Å². The highest BCUT2D eigenvalue weighted by Gasteiger charge is 2.29. The molecule has 1 saturated carbocycles. The van der Waals surface area contributed by atoms with Crippen LogP contribution in [-0.4, -0.2) is 45.8 Å². The van der Waals surface area contributed by atoms with Crippen molar-refractivity contribution in [2.24, 2.45) is 5.92 Å². The third-order valence-electron chi connectivity index (χ3n) is 5.40. The number of rotatable bonds is 4. The van der Waals surface area contributed by atoms with Crippen molar-refractivity contribution in [3.63, 3.8) is 0 Å². The average Bonchev–Trinajstić information content (AvgIpc) is 3.39. The standard InChI is InChI=1S/C19H24N4O3/c24-19(25-13-14-3-1-2-4-14)23-11-7-16(8-12-23)18-21-17(22-26-18)15-5-9-20-10-6-15/h5-6,9-10,14,16H,1-4,7-8,11-13H2. The molecule has 0 N–H and O–H groups in total. The molecule has 0 unspecified atom stereocenters. The Labute approximate surface area is 152 Å². The van der Waals surface area contributed by atoms with Gasteiger partial charge < -0.3 is 14.2 Å². The molecule has 26 heavy (non-hydrogen) atoms. The largest absolute Gasteiger partial charge is 0.449 e. The minimum absolute atomic E-state index is 0.182. The van der Waals surface area contributed by atoms with Crippen molar-refractivity contribution < 1.29 is 14.1 Å². The number of amides is 1. The van der Waals surface area contributed by atoms with Gasteiger partial charge in [0.15, 0.2) is 0 Å². The molecule has 3 heterocycles. The van der Waals surface area contributed by atoms with E-state index < -0.39 is 0 Å². The van der Waals surface area contributed by atoms with Gasteiger partial charge in [-0.25, -0.2) is 4.79 Å². The van der Waals surface area contributed by atoms with Gasteiger partial charge in [0.25, 0.3) is 0 Å². The van der Waals surface area contributed by atoms with Crippen molar-refractivity contribution in [2.45, 2.75) is 44.4 Å². The molecule has 7 nitrogen and oxygen atoms in total. The molecule has 0 spiro atoms. The molecule has 0 aromatic carbocycles. The van der Waals surface area contributed by atoms with Gasteiger partial charge in [0, 0.05) is 37.0 Å². The van der Waals surface area contributed by atoms with E-state index in [2.05, 4.69) is 15.1 Å². The zero-order valence-electron chi connectivity index (χ0n) is 14.8. The van der Waals surface area contributed by atoms with Crippen LogP contribution in [0.3, 0.4) is 0 Å². The Kier molecular flexibility index (Phi) is 5.13. The van der Waals surface area contributed by atoms with Gasteiger partial charge in [0.05, 0.1) is 6.61 Å². The highest BCUT2D eigenvalue weighted by Crippen LogP contribution is 2.29. The summed E-state index contributed by atoms with van der Waals surface area (Å²) >= 11 is 0. The molecular weight excluding hydrogens is 332 g/mol. The smallest absolute Gasteiger partial charge is 0.409 e. The number of carbonyl (C=O) groups is 1. The molecule has 0 radical (unpaired) electrons. The highest BCUT2D eigenvalue weighted by atomic mass is 16.6. The molecule has 7 heteroatoms. The van der Waals surface area contributed by atoms with E-state index in [1.807, 2.05) is 12.1 Å². The Balaban J connectivity index is 1.28. The zero-order valence-corrected chi connectivity index (χ0v) is 14.8. The maximum atomic E-state index is 12.2. The third kappa shape index (κ3) is 3.86. The van der Waals surface area contributed by atoms with E-state index in [4.69, 9.17) is 9.26 Å². The molecule has 1 saturated heterocycles. The molecule has 138 valence electrons. The van der Waals surface area contributed by atoms with Gasteiger partial charge in [-0.3, -0.25) is 4.98 Å². The summed E-state index contributed by atoms with van der Waals surface area (Å²) in [5, 5.41) is 4.07. The summed E-state index contributed by atoms with van der Waals surface area (Å²) in [5.41, 5.74) is 0.892. The molecular formula is C19H24N4O3.